The van der Waals surface area contributed by atoms with Crippen LogP contribution in [0.15, 0.2) is 12.1 Å². The number of pyridine rings is 1. The Hall–Kier alpha value is -2.38. The fraction of sp³-hybridized carbons (Fsp3) is 0.200. The van der Waals surface area contributed by atoms with E-state index in [4.69, 9.17) is 0 Å². The zero-order valence-electron chi connectivity index (χ0n) is 9.57. The molecule has 0 atom stereocenters. The molecule has 0 bridgehead atoms. The third-order valence-electron chi connectivity index (χ3n) is 1.32. The van der Waals surface area contributed by atoms with Crippen molar-refractivity contribution >= 4 is 24.0 Å². The summed E-state index contributed by atoms with van der Waals surface area (Å²) in [6, 6.07) is 2.04. The number of hydrogen-bond donors (Lipinski definition) is 1. The Morgan fingerprint density at radius 2 is 1.83 bits per heavy atom. The Morgan fingerprint density at radius 3 is 2.17 bits per heavy atom. The lowest BCUT2D eigenvalue weighted by Crippen LogP contribution is -2.03. The molecule has 18 heavy (non-hydrogen) atoms. The van der Waals surface area contributed by atoms with E-state index in [-0.39, 0.29) is 12.1 Å². The van der Waals surface area contributed by atoms with Crippen molar-refractivity contribution in [2.24, 2.45) is 0 Å². The molecule has 1 rings (SSSR count). The highest BCUT2D eigenvalue weighted by Crippen LogP contribution is 2.09. The molecule has 1 amide bonds. The maximum Gasteiger partial charge on any atom is 0.310 e. The molecule has 0 unspecified atom stereocenters. The first-order chi connectivity index (χ1) is 8.36. The predicted octanol–water partition coefficient (Wildman–Crippen LogP) is 1.02. The number of halogens is 2. The van der Waals surface area contributed by atoms with Gasteiger partial charge in [0, 0.05) is 13.8 Å². The molecule has 0 radical (unpaired) electrons. The Balaban J connectivity index is 0.000000360. The van der Waals surface area contributed by atoms with Crippen molar-refractivity contribution in [2.45, 2.75) is 13.8 Å². The smallest absolute Gasteiger partial charge is 0.310 e. The number of amides is 1. The molecule has 0 saturated carbocycles. The summed E-state index contributed by atoms with van der Waals surface area (Å²) in [5.74, 6) is -3.07. The lowest BCUT2D eigenvalue weighted by atomic mass is 10.4. The van der Waals surface area contributed by atoms with Crippen molar-refractivity contribution in [3.63, 3.8) is 0 Å². The number of carbonyl (C=O) groups excluding carboxylic acids is 3. The van der Waals surface area contributed by atoms with E-state index in [1.165, 1.54) is 13.8 Å². The van der Waals surface area contributed by atoms with E-state index in [1.807, 2.05) is 5.32 Å². The van der Waals surface area contributed by atoms with Crippen LogP contribution < -0.4 is 5.32 Å². The lowest BCUT2D eigenvalue weighted by molar-refractivity contribution is -0.156. The van der Waals surface area contributed by atoms with Gasteiger partial charge < -0.3 is 10.1 Å². The van der Waals surface area contributed by atoms with Gasteiger partial charge in [0.1, 0.15) is 0 Å². The van der Waals surface area contributed by atoms with Gasteiger partial charge in [-0.3, -0.25) is 14.4 Å². The number of hydrogen-bond acceptors (Lipinski definition) is 5. The molecule has 0 fully saturated rings. The van der Waals surface area contributed by atoms with Gasteiger partial charge in [0.25, 0.3) is 0 Å². The quantitative estimate of drug-likeness (QED) is 0.371. The van der Waals surface area contributed by atoms with E-state index in [9.17, 15) is 23.2 Å². The van der Waals surface area contributed by atoms with Crippen LogP contribution in [0.3, 0.4) is 0 Å². The summed E-state index contributed by atoms with van der Waals surface area (Å²) in [5, 5.41) is 2.02. The third kappa shape index (κ3) is 6.99. The summed E-state index contributed by atoms with van der Waals surface area (Å²) in [5.41, 5.74) is -0.138. The number of carbonyl (C=O) groups is 3. The van der Waals surface area contributed by atoms with Crippen molar-refractivity contribution in [1.82, 2.24) is 4.98 Å². The summed E-state index contributed by atoms with van der Waals surface area (Å²) in [7, 11) is 0. The van der Waals surface area contributed by atoms with Gasteiger partial charge in [-0.05, 0) is 12.1 Å². The van der Waals surface area contributed by atoms with Gasteiger partial charge in [0.2, 0.25) is 18.3 Å². The Morgan fingerprint density at radius 1 is 1.28 bits per heavy atom. The number of ether oxygens (including phenoxy) is 1. The van der Waals surface area contributed by atoms with Crippen LogP contribution in [0, 0.1) is 11.9 Å². The molecule has 98 valence electrons. The second kappa shape index (κ2) is 7.82. The van der Waals surface area contributed by atoms with Gasteiger partial charge in [-0.1, -0.05) is 0 Å². The summed E-state index contributed by atoms with van der Waals surface area (Å²) in [4.78, 5) is 32.3. The summed E-state index contributed by atoms with van der Waals surface area (Å²) in [6.45, 7) is 2.36. The first-order valence-corrected chi connectivity index (χ1v) is 4.58. The van der Waals surface area contributed by atoms with E-state index in [0.29, 0.717) is 0 Å². The van der Waals surface area contributed by atoms with Crippen LogP contribution in [0.25, 0.3) is 0 Å². The van der Waals surface area contributed by atoms with E-state index in [0.717, 1.165) is 12.1 Å². The monoisotopic (exact) mass is 260 g/mol. The second-order valence-electron chi connectivity index (χ2n) is 2.82. The number of anilines is 1. The minimum Gasteiger partial charge on any atom is -0.394 e. The van der Waals surface area contributed by atoms with Gasteiger partial charge in [-0.2, -0.15) is 13.8 Å². The maximum atomic E-state index is 12.5. The maximum absolute atomic E-state index is 12.5. The molecule has 0 aliphatic rings. The van der Waals surface area contributed by atoms with E-state index in [2.05, 4.69) is 9.72 Å². The van der Waals surface area contributed by atoms with Crippen LogP contribution in [-0.4, -0.2) is 23.3 Å². The first-order valence-electron chi connectivity index (χ1n) is 4.58. The van der Waals surface area contributed by atoms with Crippen LogP contribution in [0.1, 0.15) is 13.8 Å². The number of nitrogens with zero attached hydrogens (tertiary/aromatic N) is 1. The normalized spacial score (nSPS) is 8.67. The Labute approximate surface area is 101 Å². The van der Waals surface area contributed by atoms with E-state index < -0.39 is 23.8 Å². The molecular weight excluding hydrogens is 250 g/mol. The van der Waals surface area contributed by atoms with Gasteiger partial charge in [-0.15, -0.1) is 0 Å². The first kappa shape index (κ1) is 15.6. The average molecular weight is 260 g/mol. The SMILES string of the molecule is CC(=O)OC(C)=O.O=CNc1ccc(F)nc1F. The molecular formula is C10H10F2N2O4. The summed E-state index contributed by atoms with van der Waals surface area (Å²) >= 11 is 0. The van der Waals surface area contributed by atoms with Crippen molar-refractivity contribution in [3.8, 4) is 0 Å². The van der Waals surface area contributed by atoms with Crippen LogP contribution in [-0.2, 0) is 19.1 Å². The van der Waals surface area contributed by atoms with Crippen LogP contribution >= 0.6 is 0 Å². The van der Waals surface area contributed by atoms with Crippen LogP contribution in [0.2, 0.25) is 0 Å². The largest absolute Gasteiger partial charge is 0.394 e. The standard InChI is InChI=1S/C6H4F2N2O.C4H6O3/c7-5-2-1-4(9-3-11)6(8)10-5;1-3(5)7-4(2)6/h1-3H,(H,9,11);1-2H3. The molecule has 6 nitrogen and oxygen atoms in total. The van der Waals surface area contributed by atoms with Gasteiger partial charge >= 0.3 is 11.9 Å². The molecule has 8 heteroatoms. The van der Waals surface area contributed by atoms with Gasteiger partial charge in [0.05, 0.1) is 5.69 Å². The highest BCUT2D eigenvalue weighted by molar-refractivity contribution is 5.82. The fourth-order valence-corrected chi connectivity index (χ4v) is 0.786. The molecule has 0 aromatic carbocycles. The Bertz CT molecular complexity index is 440. The van der Waals surface area contributed by atoms with Crippen molar-refractivity contribution in [3.05, 3.63) is 24.0 Å². The summed E-state index contributed by atoms with van der Waals surface area (Å²) < 4.78 is 28.6. The molecule has 0 spiro atoms. The van der Waals surface area contributed by atoms with E-state index in [1.54, 1.807) is 0 Å². The molecule has 1 heterocycles. The lowest BCUT2D eigenvalue weighted by Gasteiger charge is -1.97. The van der Waals surface area contributed by atoms with Gasteiger partial charge in [-0.25, -0.2) is 0 Å². The third-order valence-corrected chi connectivity index (χ3v) is 1.32. The highest BCUT2D eigenvalue weighted by Gasteiger charge is 2.02. The topological polar surface area (TPSA) is 85.4 Å². The average Bonchev–Trinajstić information content (AvgIpc) is 2.21. The zero-order chi connectivity index (χ0) is 14.1. The van der Waals surface area contributed by atoms with Gasteiger partial charge in [0.15, 0.2) is 0 Å². The zero-order valence-corrected chi connectivity index (χ0v) is 9.57. The van der Waals surface area contributed by atoms with Crippen LogP contribution in [0.4, 0.5) is 14.5 Å². The number of esters is 2. The minimum atomic E-state index is -1.03. The van der Waals surface area contributed by atoms with E-state index >= 15 is 0 Å². The second-order valence-corrected chi connectivity index (χ2v) is 2.82. The van der Waals surface area contributed by atoms with Crippen molar-refractivity contribution < 1.29 is 27.9 Å². The molecule has 1 N–H and O–H groups in total. The summed E-state index contributed by atoms with van der Waals surface area (Å²) in [6.07, 6.45) is 0.290. The predicted molar refractivity (Wildman–Crippen MR) is 56.3 cm³/mol. The van der Waals surface area contributed by atoms with Crippen LogP contribution in [0.5, 0.6) is 0 Å². The number of nitrogens with one attached hydrogen (secondary N) is 1. The van der Waals surface area contributed by atoms with Crippen molar-refractivity contribution in [2.75, 3.05) is 5.32 Å². The molecule has 1 aromatic heterocycles. The van der Waals surface area contributed by atoms with Crippen molar-refractivity contribution in [1.29, 1.82) is 0 Å². The number of rotatable bonds is 2. The highest BCUT2D eigenvalue weighted by atomic mass is 19.1. The molecule has 0 aliphatic heterocycles. The Kier molecular flexibility index (Phi) is 6.79. The molecule has 0 saturated heterocycles. The molecule has 0 aliphatic carbocycles. The minimum absolute atomic E-state index is 0.138. The fourth-order valence-electron chi connectivity index (χ4n) is 0.786. The number of aromatic nitrogens is 1. The molecule has 1 aromatic rings.